The van der Waals surface area contributed by atoms with E-state index in [4.69, 9.17) is 0 Å². The normalized spacial score (nSPS) is 11.2. The van der Waals surface area contributed by atoms with Gasteiger partial charge in [-0.15, -0.1) is 0 Å². The minimum absolute atomic E-state index is 0.225. The quantitative estimate of drug-likeness (QED) is 0.678. The highest BCUT2D eigenvalue weighted by Gasteiger charge is 2.05. The largest absolute Gasteiger partial charge is 0.271 e. The van der Waals surface area contributed by atoms with Crippen molar-refractivity contribution < 1.29 is 9.18 Å². The van der Waals surface area contributed by atoms with Crippen LogP contribution in [0.1, 0.15) is 22.8 Å². The Morgan fingerprint density at radius 3 is 2.74 bits per heavy atom. The predicted octanol–water partition coefficient (Wildman–Crippen LogP) is 2.37. The number of pyridine rings is 1. The Bertz CT molecular complexity index is 611. The summed E-state index contributed by atoms with van der Waals surface area (Å²) in [5.41, 5.74) is 4.03. The van der Waals surface area contributed by atoms with Gasteiger partial charge < -0.3 is 0 Å². The Hall–Kier alpha value is -2.56. The number of nitrogens with zero attached hydrogens (tertiary/aromatic N) is 2. The third-order valence-electron chi connectivity index (χ3n) is 2.49. The molecule has 0 fully saturated rings. The molecule has 0 saturated heterocycles. The summed E-state index contributed by atoms with van der Waals surface area (Å²) in [5.74, 6) is -0.914. The molecule has 0 aliphatic carbocycles. The van der Waals surface area contributed by atoms with Crippen LogP contribution in [-0.2, 0) is 0 Å². The van der Waals surface area contributed by atoms with E-state index in [2.05, 4.69) is 15.5 Å². The molecule has 0 aliphatic rings. The van der Waals surface area contributed by atoms with Crippen LogP contribution in [0.3, 0.4) is 0 Å². The first-order chi connectivity index (χ1) is 9.16. The maximum absolute atomic E-state index is 13.0. The number of hydrazone groups is 1. The Kier molecular flexibility index (Phi) is 3.97. The molecule has 2 rings (SSSR count). The highest BCUT2D eigenvalue weighted by Crippen LogP contribution is 2.03. The summed E-state index contributed by atoms with van der Waals surface area (Å²) in [6.07, 6.45) is 3.30. The highest BCUT2D eigenvalue weighted by molar-refractivity contribution is 6.00. The molecule has 0 spiro atoms. The molecule has 4 nitrogen and oxygen atoms in total. The number of carbonyl (C=O) groups excluding carboxylic acids is 1. The zero-order valence-electron chi connectivity index (χ0n) is 10.3. The smallest absolute Gasteiger partial charge is 0.267 e. The third-order valence-corrected chi connectivity index (χ3v) is 2.49. The lowest BCUT2D eigenvalue weighted by atomic mass is 10.2. The summed E-state index contributed by atoms with van der Waals surface area (Å²) in [7, 11) is 0. The molecule has 0 atom stereocenters. The van der Waals surface area contributed by atoms with E-state index in [0.717, 1.165) is 11.6 Å². The van der Waals surface area contributed by atoms with Crippen molar-refractivity contribution in [2.24, 2.45) is 5.10 Å². The predicted molar refractivity (Wildman–Crippen MR) is 70.3 cm³/mol. The second-order valence-electron chi connectivity index (χ2n) is 3.89. The van der Waals surface area contributed by atoms with E-state index >= 15 is 0 Å². The Labute approximate surface area is 110 Å². The van der Waals surface area contributed by atoms with Crippen LogP contribution in [0.5, 0.6) is 0 Å². The van der Waals surface area contributed by atoms with Gasteiger partial charge in [-0.25, -0.2) is 9.82 Å². The molecule has 1 aromatic heterocycles. The fraction of sp³-hybridized carbons (Fsp3) is 0.0714. The van der Waals surface area contributed by atoms with Crippen LogP contribution in [0.15, 0.2) is 53.9 Å². The minimum Gasteiger partial charge on any atom is -0.267 e. The number of hydrogen-bond donors (Lipinski definition) is 1. The molecular weight excluding hydrogens is 245 g/mol. The zero-order valence-corrected chi connectivity index (χ0v) is 10.3. The van der Waals surface area contributed by atoms with E-state index in [9.17, 15) is 9.18 Å². The summed E-state index contributed by atoms with van der Waals surface area (Å²) < 4.78 is 13.0. The number of carbonyl (C=O) groups is 1. The molecule has 19 heavy (non-hydrogen) atoms. The average Bonchev–Trinajstić information content (AvgIpc) is 2.45. The van der Waals surface area contributed by atoms with Crippen LogP contribution < -0.4 is 5.43 Å². The van der Waals surface area contributed by atoms with Gasteiger partial charge in [-0.05, 0) is 31.2 Å². The van der Waals surface area contributed by atoms with Gasteiger partial charge in [0.2, 0.25) is 0 Å². The molecule has 0 aliphatic heterocycles. The van der Waals surface area contributed by atoms with Crippen molar-refractivity contribution in [3.05, 3.63) is 65.7 Å². The average molecular weight is 257 g/mol. The lowest BCUT2D eigenvalue weighted by Gasteiger charge is -2.02. The number of amides is 1. The molecule has 1 aromatic carbocycles. The van der Waals surface area contributed by atoms with Crippen molar-refractivity contribution in [1.29, 1.82) is 0 Å². The van der Waals surface area contributed by atoms with Gasteiger partial charge in [0.1, 0.15) is 5.82 Å². The van der Waals surface area contributed by atoms with Gasteiger partial charge in [0.25, 0.3) is 5.91 Å². The number of benzene rings is 1. The molecule has 2 aromatic rings. The lowest BCUT2D eigenvalue weighted by Crippen LogP contribution is -2.19. The molecule has 1 amide bonds. The van der Waals surface area contributed by atoms with Gasteiger partial charge >= 0.3 is 0 Å². The molecule has 0 bridgehead atoms. The highest BCUT2D eigenvalue weighted by atomic mass is 19.1. The lowest BCUT2D eigenvalue weighted by molar-refractivity contribution is 0.0954. The fourth-order valence-electron chi connectivity index (χ4n) is 1.47. The standard InChI is InChI=1S/C14H12FN3O/c1-10(12-5-3-7-16-9-12)17-18-14(19)11-4-2-6-13(15)8-11/h2-9H,1H3,(H,18,19). The second kappa shape index (κ2) is 5.86. The van der Waals surface area contributed by atoms with Crippen molar-refractivity contribution >= 4 is 11.6 Å². The molecule has 0 unspecified atom stereocenters. The Balaban J connectivity index is 2.08. The molecule has 5 heteroatoms. The van der Waals surface area contributed by atoms with Gasteiger partial charge in [0.15, 0.2) is 0 Å². The van der Waals surface area contributed by atoms with Crippen LogP contribution in [0, 0.1) is 5.82 Å². The monoisotopic (exact) mass is 257 g/mol. The molecule has 1 N–H and O–H groups in total. The van der Waals surface area contributed by atoms with Crippen molar-refractivity contribution in [2.75, 3.05) is 0 Å². The van der Waals surface area contributed by atoms with Crippen molar-refractivity contribution in [3.8, 4) is 0 Å². The van der Waals surface area contributed by atoms with E-state index in [1.54, 1.807) is 25.4 Å². The van der Waals surface area contributed by atoms with Crippen molar-refractivity contribution in [3.63, 3.8) is 0 Å². The minimum atomic E-state index is -0.458. The van der Waals surface area contributed by atoms with Gasteiger partial charge in [0.05, 0.1) is 5.71 Å². The van der Waals surface area contributed by atoms with Crippen LogP contribution in [0.25, 0.3) is 0 Å². The van der Waals surface area contributed by atoms with E-state index in [-0.39, 0.29) is 5.56 Å². The number of nitrogens with one attached hydrogen (secondary N) is 1. The maximum Gasteiger partial charge on any atom is 0.271 e. The summed E-state index contributed by atoms with van der Waals surface area (Å²) in [6.45, 7) is 1.75. The third kappa shape index (κ3) is 3.45. The van der Waals surface area contributed by atoms with Gasteiger partial charge in [-0.1, -0.05) is 12.1 Å². The van der Waals surface area contributed by atoms with Crippen LogP contribution in [-0.4, -0.2) is 16.6 Å². The first-order valence-electron chi connectivity index (χ1n) is 5.67. The topological polar surface area (TPSA) is 54.4 Å². The van der Waals surface area contributed by atoms with Crippen molar-refractivity contribution in [1.82, 2.24) is 10.4 Å². The van der Waals surface area contributed by atoms with Crippen LogP contribution in [0.2, 0.25) is 0 Å². The van der Waals surface area contributed by atoms with Crippen LogP contribution in [0.4, 0.5) is 4.39 Å². The fourth-order valence-corrected chi connectivity index (χ4v) is 1.47. The number of halogens is 1. The van der Waals surface area contributed by atoms with Crippen molar-refractivity contribution in [2.45, 2.75) is 6.92 Å². The summed E-state index contributed by atoms with van der Waals surface area (Å²) >= 11 is 0. The number of hydrogen-bond acceptors (Lipinski definition) is 3. The first kappa shape index (κ1) is 12.9. The summed E-state index contributed by atoms with van der Waals surface area (Å²) in [5, 5.41) is 3.96. The molecule has 0 saturated carbocycles. The van der Waals surface area contributed by atoms with Crippen LogP contribution >= 0.6 is 0 Å². The van der Waals surface area contributed by atoms with E-state index in [1.165, 1.54) is 18.2 Å². The molecule has 0 radical (unpaired) electrons. The first-order valence-corrected chi connectivity index (χ1v) is 5.67. The summed E-state index contributed by atoms with van der Waals surface area (Å²) in [6, 6.07) is 9.05. The second-order valence-corrected chi connectivity index (χ2v) is 3.89. The molecule has 96 valence electrons. The van der Waals surface area contributed by atoms with E-state index < -0.39 is 11.7 Å². The Morgan fingerprint density at radius 2 is 2.05 bits per heavy atom. The number of rotatable bonds is 3. The van der Waals surface area contributed by atoms with Gasteiger partial charge in [0, 0.05) is 23.5 Å². The van der Waals surface area contributed by atoms with E-state index in [0.29, 0.717) is 5.71 Å². The molecular formula is C14H12FN3O. The molecule has 1 heterocycles. The van der Waals surface area contributed by atoms with Gasteiger partial charge in [-0.2, -0.15) is 5.10 Å². The zero-order chi connectivity index (χ0) is 13.7. The maximum atomic E-state index is 13.0. The summed E-state index contributed by atoms with van der Waals surface area (Å²) in [4.78, 5) is 15.7. The SMILES string of the molecule is CC(=NNC(=O)c1cccc(F)c1)c1cccnc1. The van der Waals surface area contributed by atoms with Gasteiger partial charge in [-0.3, -0.25) is 9.78 Å². The Morgan fingerprint density at radius 1 is 1.26 bits per heavy atom. The van der Waals surface area contributed by atoms with E-state index in [1.807, 2.05) is 6.07 Å². The number of aromatic nitrogens is 1.